The summed E-state index contributed by atoms with van der Waals surface area (Å²) in [6, 6.07) is 16.7. The van der Waals surface area contributed by atoms with Crippen LogP contribution < -0.4 is 11.2 Å². The van der Waals surface area contributed by atoms with Gasteiger partial charge in [-0.25, -0.2) is 14.8 Å². The maximum Gasteiger partial charge on any atom is 0.426 e. The largest absolute Gasteiger partial charge is 0.464 e. The Morgan fingerprint density at radius 3 is 2.41 bits per heavy atom. The fourth-order valence-electron chi connectivity index (χ4n) is 1.83. The van der Waals surface area contributed by atoms with E-state index in [0.717, 1.165) is 21.8 Å². The van der Waals surface area contributed by atoms with E-state index in [1.54, 1.807) is 0 Å². The summed E-state index contributed by atoms with van der Waals surface area (Å²) >= 11 is 0. The number of hydrazine groups is 1. The van der Waals surface area contributed by atoms with Crippen LogP contribution in [0.3, 0.4) is 0 Å². The second-order valence-electron chi connectivity index (χ2n) is 4.61. The third kappa shape index (κ3) is 4.60. The summed E-state index contributed by atoms with van der Waals surface area (Å²) in [6.45, 7) is 0.709. The first kappa shape index (κ1) is 15.5. The minimum Gasteiger partial charge on any atom is -0.464 e. The number of carboxylic acid groups (broad SMARTS) is 1. The summed E-state index contributed by atoms with van der Waals surface area (Å²) in [5.74, 6) is 0. The first-order chi connectivity index (χ1) is 10.7. The standard InChI is InChI=1S/C16H18N4O2/c17-10-13-6-8-15(9-7-13)18-12-19-20(16(21)22)11-14-4-2-1-3-5-14/h1-9,12H,10-11,17H2,(H,18,19)(H,21,22). The molecule has 114 valence electrons. The highest BCUT2D eigenvalue weighted by Crippen LogP contribution is 2.11. The molecule has 0 aliphatic heterocycles. The van der Waals surface area contributed by atoms with Gasteiger partial charge in [0.25, 0.3) is 0 Å². The average molecular weight is 298 g/mol. The molecular weight excluding hydrogens is 280 g/mol. The van der Waals surface area contributed by atoms with Crippen LogP contribution in [0.15, 0.2) is 59.6 Å². The fraction of sp³-hybridized carbons (Fsp3) is 0.125. The van der Waals surface area contributed by atoms with E-state index >= 15 is 0 Å². The van der Waals surface area contributed by atoms with Crippen LogP contribution in [-0.4, -0.2) is 22.5 Å². The highest BCUT2D eigenvalue weighted by atomic mass is 16.4. The molecule has 6 nitrogen and oxygen atoms in total. The van der Waals surface area contributed by atoms with Gasteiger partial charge in [0.2, 0.25) is 0 Å². The molecule has 2 rings (SSSR count). The van der Waals surface area contributed by atoms with Crippen molar-refractivity contribution in [1.29, 1.82) is 0 Å². The van der Waals surface area contributed by atoms with Crippen LogP contribution in [0.1, 0.15) is 11.1 Å². The number of nitrogens with two attached hydrogens (primary N) is 1. The van der Waals surface area contributed by atoms with Gasteiger partial charge < -0.3 is 10.8 Å². The molecule has 4 N–H and O–H groups in total. The smallest absolute Gasteiger partial charge is 0.426 e. The number of rotatable bonds is 6. The molecular formula is C16H18N4O2. The molecule has 0 saturated heterocycles. The predicted octanol–water partition coefficient (Wildman–Crippen LogP) is 2.49. The number of carbonyl (C=O) groups is 1. The third-order valence-corrected chi connectivity index (χ3v) is 3.01. The maximum atomic E-state index is 11.2. The van der Waals surface area contributed by atoms with Gasteiger partial charge in [0.15, 0.2) is 0 Å². The van der Waals surface area contributed by atoms with Crippen LogP contribution in [0.2, 0.25) is 0 Å². The molecule has 0 aliphatic rings. The topological polar surface area (TPSA) is 91.0 Å². The molecule has 1 amide bonds. The zero-order valence-electron chi connectivity index (χ0n) is 12.0. The zero-order chi connectivity index (χ0) is 15.8. The van der Waals surface area contributed by atoms with Gasteiger partial charge in [0, 0.05) is 6.54 Å². The Balaban J connectivity index is 1.96. The van der Waals surface area contributed by atoms with Crippen molar-refractivity contribution in [2.75, 3.05) is 0 Å². The van der Waals surface area contributed by atoms with Crippen molar-refractivity contribution in [3.05, 3.63) is 65.7 Å². The lowest BCUT2D eigenvalue weighted by Crippen LogP contribution is -2.40. The van der Waals surface area contributed by atoms with Gasteiger partial charge in [0.1, 0.15) is 6.34 Å². The first-order valence-electron chi connectivity index (χ1n) is 6.81. The van der Waals surface area contributed by atoms with Gasteiger partial charge >= 0.3 is 6.09 Å². The fourth-order valence-corrected chi connectivity index (χ4v) is 1.83. The lowest BCUT2D eigenvalue weighted by atomic mass is 10.2. The van der Waals surface area contributed by atoms with E-state index < -0.39 is 6.09 Å². The van der Waals surface area contributed by atoms with E-state index in [2.05, 4.69) is 10.4 Å². The van der Waals surface area contributed by atoms with E-state index in [4.69, 9.17) is 5.73 Å². The van der Waals surface area contributed by atoms with Crippen molar-refractivity contribution in [3.63, 3.8) is 0 Å². The molecule has 0 unspecified atom stereocenters. The lowest BCUT2D eigenvalue weighted by molar-refractivity contribution is 0.131. The van der Waals surface area contributed by atoms with Crippen LogP contribution in [0.4, 0.5) is 10.5 Å². The second kappa shape index (κ2) is 7.80. The van der Waals surface area contributed by atoms with Crippen molar-refractivity contribution in [1.82, 2.24) is 10.4 Å². The molecule has 0 heterocycles. The molecule has 0 fully saturated rings. The number of aliphatic imine (C=N–C) groups is 1. The van der Waals surface area contributed by atoms with Gasteiger partial charge in [-0.15, -0.1) is 0 Å². The Bertz CT molecular complexity index is 626. The molecule has 0 aliphatic carbocycles. The van der Waals surface area contributed by atoms with Gasteiger partial charge in [-0.05, 0) is 23.3 Å². The van der Waals surface area contributed by atoms with E-state index in [1.165, 1.54) is 6.34 Å². The summed E-state index contributed by atoms with van der Waals surface area (Å²) in [6.07, 6.45) is 0.280. The van der Waals surface area contributed by atoms with Crippen molar-refractivity contribution >= 4 is 18.1 Å². The zero-order valence-corrected chi connectivity index (χ0v) is 12.0. The van der Waals surface area contributed by atoms with Crippen molar-refractivity contribution < 1.29 is 9.90 Å². The number of hydrogen-bond donors (Lipinski definition) is 3. The summed E-state index contributed by atoms with van der Waals surface area (Å²) < 4.78 is 0. The summed E-state index contributed by atoms with van der Waals surface area (Å²) in [7, 11) is 0. The molecule has 0 spiro atoms. The number of amides is 1. The quantitative estimate of drug-likeness (QED) is 0.434. The van der Waals surface area contributed by atoms with E-state index in [1.807, 2.05) is 54.6 Å². The van der Waals surface area contributed by atoms with Gasteiger partial charge in [-0.3, -0.25) is 5.43 Å². The predicted molar refractivity (Wildman–Crippen MR) is 85.6 cm³/mol. The monoisotopic (exact) mass is 298 g/mol. The molecule has 0 radical (unpaired) electrons. The van der Waals surface area contributed by atoms with Gasteiger partial charge in [-0.1, -0.05) is 42.5 Å². The van der Waals surface area contributed by atoms with E-state index in [9.17, 15) is 9.90 Å². The van der Waals surface area contributed by atoms with Crippen molar-refractivity contribution in [2.45, 2.75) is 13.1 Å². The minimum absolute atomic E-state index is 0.230. The highest BCUT2D eigenvalue weighted by Gasteiger charge is 2.10. The Morgan fingerprint density at radius 2 is 1.82 bits per heavy atom. The molecule has 2 aromatic carbocycles. The molecule has 22 heavy (non-hydrogen) atoms. The highest BCUT2D eigenvalue weighted by molar-refractivity contribution is 5.69. The van der Waals surface area contributed by atoms with Gasteiger partial charge in [0.05, 0.1) is 12.2 Å². The third-order valence-electron chi connectivity index (χ3n) is 3.01. The van der Waals surface area contributed by atoms with Crippen molar-refractivity contribution in [3.8, 4) is 0 Å². The van der Waals surface area contributed by atoms with E-state index in [-0.39, 0.29) is 6.54 Å². The summed E-state index contributed by atoms with van der Waals surface area (Å²) in [4.78, 5) is 15.4. The van der Waals surface area contributed by atoms with Gasteiger partial charge in [-0.2, -0.15) is 0 Å². The van der Waals surface area contributed by atoms with Crippen LogP contribution in [0.25, 0.3) is 0 Å². The minimum atomic E-state index is -1.08. The molecule has 0 saturated carbocycles. The first-order valence-corrected chi connectivity index (χ1v) is 6.81. The van der Waals surface area contributed by atoms with Crippen molar-refractivity contribution in [2.24, 2.45) is 10.7 Å². The summed E-state index contributed by atoms with van der Waals surface area (Å²) in [5.41, 5.74) is 10.8. The van der Waals surface area contributed by atoms with Crippen LogP contribution >= 0.6 is 0 Å². The Morgan fingerprint density at radius 1 is 1.14 bits per heavy atom. The number of nitrogens with one attached hydrogen (secondary N) is 1. The number of benzene rings is 2. The number of nitrogens with zero attached hydrogens (tertiary/aromatic N) is 2. The maximum absolute atomic E-state index is 11.2. The lowest BCUT2D eigenvalue weighted by Gasteiger charge is -2.18. The Labute approximate surface area is 128 Å². The van der Waals surface area contributed by atoms with Crippen LogP contribution in [0.5, 0.6) is 0 Å². The average Bonchev–Trinajstić information content (AvgIpc) is 2.55. The molecule has 2 aromatic rings. The van der Waals surface area contributed by atoms with Crippen LogP contribution in [-0.2, 0) is 13.1 Å². The number of hydrogen-bond acceptors (Lipinski definition) is 3. The molecule has 0 bridgehead atoms. The Kier molecular flexibility index (Phi) is 5.50. The van der Waals surface area contributed by atoms with Crippen LogP contribution in [0, 0.1) is 0 Å². The van der Waals surface area contributed by atoms with E-state index in [0.29, 0.717) is 6.54 Å². The SMILES string of the molecule is NCc1ccc(N=CNN(Cc2ccccc2)C(=O)O)cc1. The molecule has 0 aromatic heterocycles. The summed E-state index contributed by atoms with van der Waals surface area (Å²) in [5, 5.41) is 10.3. The normalized spacial score (nSPS) is 10.6. The molecule has 6 heteroatoms. The molecule has 0 atom stereocenters. The Hall–Kier alpha value is -2.86. The second-order valence-corrected chi connectivity index (χ2v) is 4.61.